The lowest BCUT2D eigenvalue weighted by atomic mass is 10.2. The maximum atomic E-state index is 10.4. The lowest BCUT2D eigenvalue weighted by molar-refractivity contribution is -0.104. The molecule has 1 nitrogen and oxygen atoms in total. The van der Waals surface area contributed by atoms with Crippen molar-refractivity contribution in [1.29, 1.82) is 0 Å². The third-order valence-corrected chi connectivity index (χ3v) is 1.54. The molecule has 0 saturated heterocycles. The highest BCUT2D eigenvalue weighted by Gasteiger charge is 1.94. The Bertz CT molecular complexity index is 254. The first-order valence-corrected chi connectivity index (χ1v) is 3.52. The van der Waals surface area contributed by atoms with Crippen molar-refractivity contribution < 1.29 is 4.79 Å². The molecule has 1 aliphatic carbocycles. The van der Waals surface area contributed by atoms with E-state index in [0.717, 1.165) is 23.9 Å². The van der Waals surface area contributed by atoms with E-state index in [0.29, 0.717) is 0 Å². The molecule has 1 heteroatoms. The van der Waals surface area contributed by atoms with Crippen molar-refractivity contribution in [2.24, 2.45) is 0 Å². The van der Waals surface area contributed by atoms with Gasteiger partial charge in [0.15, 0.2) is 0 Å². The highest BCUT2D eigenvalue weighted by Crippen LogP contribution is 2.09. The van der Waals surface area contributed by atoms with Gasteiger partial charge in [0, 0.05) is 0 Å². The number of carbonyl (C=O) groups is 1. The van der Waals surface area contributed by atoms with E-state index >= 15 is 0 Å². The van der Waals surface area contributed by atoms with Crippen LogP contribution < -0.4 is 0 Å². The standard InChI is InChI=1S/C10H10O/c1-2-9-4-3-5-10(8-11)7-6-9/h2-4,6-8H,1,5H2. The molecule has 0 aromatic heterocycles. The van der Waals surface area contributed by atoms with Gasteiger partial charge in [-0.15, -0.1) is 0 Å². The second-order valence-electron chi connectivity index (χ2n) is 2.34. The zero-order valence-corrected chi connectivity index (χ0v) is 6.29. The smallest absolute Gasteiger partial charge is 0.146 e. The van der Waals surface area contributed by atoms with Crippen LogP contribution in [0.2, 0.25) is 0 Å². The van der Waals surface area contributed by atoms with Crippen molar-refractivity contribution in [3.8, 4) is 0 Å². The molecule has 0 spiro atoms. The van der Waals surface area contributed by atoms with Crippen molar-refractivity contribution in [3.63, 3.8) is 0 Å². The number of hydrogen-bond acceptors (Lipinski definition) is 1. The summed E-state index contributed by atoms with van der Waals surface area (Å²) in [7, 11) is 0. The maximum absolute atomic E-state index is 10.4. The molecule has 0 aliphatic heterocycles. The van der Waals surface area contributed by atoms with Crippen LogP contribution >= 0.6 is 0 Å². The summed E-state index contributed by atoms with van der Waals surface area (Å²) in [5.74, 6) is 0. The highest BCUT2D eigenvalue weighted by atomic mass is 16.1. The summed E-state index contributed by atoms with van der Waals surface area (Å²) in [6.45, 7) is 3.64. The van der Waals surface area contributed by atoms with Gasteiger partial charge < -0.3 is 0 Å². The van der Waals surface area contributed by atoms with Crippen molar-refractivity contribution in [2.45, 2.75) is 6.42 Å². The molecule has 0 atom stereocenters. The largest absolute Gasteiger partial charge is 0.298 e. The molecule has 0 unspecified atom stereocenters. The molecule has 0 radical (unpaired) electrons. The summed E-state index contributed by atoms with van der Waals surface area (Å²) in [4.78, 5) is 10.4. The van der Waals surface area contributed by atoms with Gasteiger partial charge in [-0.2, -0.15) is 0 Å². The van der Waals surface area contributed by atoms with Crippen LogP contribution in [0.25, 0.3) is 0 Å². The predicted molar refractivity (Wildman–Crippen MR) is 46.2 cm³/mol. The van der Waals surface area contributed by atoms with Gasteiger partial charge in [0.1, 0.15) is 6.29 Å². The number of rotatable bonds is 2. The quantitative estimate of drug-likeness (QED) is 0.546. The van der Waals surface area contributed by atoms with Gasteiger partial charge in [0.2, 0.25) is 0 Å². The summed E-state index contributed by atoms with van der Waals surface area (Å²) in [6, 6.07) is 0. The third kappa shape index (κ3) is 2.04. The third-order valence-electron chi connectivity index (χ3n) is 1.54. The highest BCUT2D eigenvalue weighted by molar-refractivity contribution is 5.74. The van der Waals surface area contributed by atoms with Crippen molar-refractivity contribution in [2.75, 3.05) is 0 Å². The summed E-state index contributed by atoms with van der Waals surface area (Å²) in [6.07, 6.45) is 11.0. The molecule has 11 heavy (non-hydrogen) atoms. The zero-order chi connectivity index (χ0) is 8.10. The van der Waals surface area contributed by atoms with Gasteiger partial charge in [-0.3, -0.25) is 4.79 Å². The fraction of sp³-hybridized carbons (Fsp3) is 0.100. The van der Waals surface area contributed by atoms with Crippen LogP contribution in [0.1, 0.15) is 6.42 Å². The average Bonchev–Trinajstić information content (AvgIpc) is 2.28. The van der Waals surface area contributed by atoms with Crippen LogP contribution in [0.4, 0.5) is 0 Å². The van der Waals surface area contributed by atoms with Crippen LogP contribution in [0.3, 0.4) is 0 Å². The monoisotopic (exact) mass is 146 g/mol. The normalized spacial score (nSPS) is 16.4. The van der Waals surface area contributed by atoms with Crippen LogP contribution in [0.5, 0.6) is 0 Å². The Balaban J connectivity index is 2.88. The average molecular weight is 146 g/mol. The minimum absolute atomic E-state index is 0.720. The van der Waals surface area contributed by atoms with E-state index < -0.39 is 0 Å². The number of allylic oxidation sites excluding steroid dienone is 7. The van der Waals surface area contributed by atoms with Gasteiger partial charge in [-0.1, -0.05) is 37.0 Å². The van der Waals surface area contributed by atoms with Gasteiger partial charge in [-0.25, -0.2) is 0 Å². The van der Waals surface area contributed by atoms with Gasteiger partial charge in [0.05, 0.1) is 0 Å². The minimum atomic E-state index is 0.720. The summed E-state index contributed by atoms with van der Waals surface area (Å²) >= 11 is 0. The summed E-state index contributed by atoms with van der Waals surface area (Å²) in [5.41, 5.74) is 1.85. The molecule has 1 rings (SSSR count). The molecule has 0 fully saturated rings. The fourth-order valence-electron chi connectivity index (χ4n) is 0.881. The van der Waals surface area contributed by atoms with Gasteiger partial charge in [0.25, 0.3) is 0 Å². The first-order valence-electron chi connectivity index (χ1n) is 3.52. The van der Waals surface area contributed by atoms with E-state index in [1.54, 1.807) is 6.08 Å². The number of hydrogen-bond donors (Lipinski definition) is 0. The lowest BCUT2D eigenvalue weighted by Crippen LogP contribution is -1.78. The van der Waals surface area contributed by atoms with E-state index in [1.165, 1.54) is 0 Å². The maximum Gasteiger partial charge on any atom is 0.146 e. The molecule has 0 N–H and O–H groups in total. The number of carbonyl (C=O) groups excluding carboxylic acids is 1. The van der Waals surface area contributed by atoms with Crippen LogP contribution in [-0.2, 0) is 4.79 Å². The van der Waals surface area contributed by atoms with E-state index in [9.17, 15) is 4.79 Å². The minimum Gasteiger partial charge on any atom is -0.298 e. The topological polar surface area (TPSA) is 17.1 Å². The van der Waals surface area contributed by atoms with E-state index in [2.05, 4.69) is 6.58 Å². The first-order chi connectivity index (χ1) is 5.36. The lowest BCUT2D eigenvalue weighted by Gasteiger charge is -1.85. The molecule has 0 aromatic carbocycles. The molecular formula is C10H10O. The Labute approximate surface area is 66.4 Å². The van der Waals surface area contributed by atoms with Gasteiger partial charge >= 0.3 is 0 Å². The van der Waals surface area contributed by atoms with Crippen LogP contribution in [0, 0.1) is 0 Å². The SMILES string of the molecule is C=CC1=CC=C(C=O)CC=C1. The van der Waals surface area contributed by atoms with Crippen LogP contribution in [-0.4, -0.2) is 6.29 Å². The molecule has 0 amide bonds. The van der Waals surface area contributed by atoms with E-state index in [4.69, 9.17) is 0 Å². The Hall–Kier alpha value is -1.37. The first kappa shape index (κ1) is 7.73. The Kier molecular flexibility index (Phi) is 2.61. The Morgan fingerprint density at radius 1 is 1.45 bits per heavy atom. The van der Waals surface area contributed by atoms with Gasteiger partial charge in [-0.05, 0) is 17.6 Å². The molecule has 56 valence electrons. The summed E-state index contributed by atoms with van der Waals surface area (Å²) < 4.78 is 0. The Morgan fingerprint density at radius 2 is 2.27 bits per heavy atom. The predicted octanol–water partition coefficient (Wildman–Crippen LogP) is 2.18. The molecule has 0 heterocycles. The Morgan fingerprint density at radius 3 is 2.91 bits per heavy atom. The molecule has 0 saturated carbocycles. The molecule has 0 aromatic rings. The molecule has 0 bridgehead atoms. The van der Waals surface area contributed by atoms with E-state index in [-0.39, 0.29) is 0 Å². The zero-order valence-electron chi connectivity index (χ0n) is 6.29. The summed E-state index contributed by atoms with van der Waals surface area (Å²) in [5, 5.41) is 0. The van der Waals surface area contributed by atoms with Crippen molar-refractivity contribution >= 4 is 6.29 Å². The second-order valence-corrected chi connectivity index (χ2v) is 2.34. The van der Waals surface area contributed by atoms with Crippen molar-refractivity contribution in [3.05, 3.63) is 48.1 Å². The van der Waals surface area contributed by atoms with E-state index in [1.807, 2.05) is 24.3 Å². The van der Waals surface area contributed by atoms with Crippen LogP contribution in [0.15, 0.2) is 48.1 Å². The molecular weight excluding hydrogens is 136 g/mol. The molecule has 1 aliphatic rings. The second kappa shape index (κ2) is 3.71. The number of aldehydes is 1. The fourth-order valence-corrected chi connectivity index (χ4v) is 0.881. The van der Waals surface area contributed by atoms with Crippen molar-refractivity contribution in [1.82, 2.24) is 0 Å².